The molecule has 0 radical (unpaired) electrons. The molecule has 11 heteroatoms. The number of hydrogen-bond acceptors (Lipinski definition) is 6. The second-order valence-electron chi connectivity index (χ2n) is 14.6. The predicted molar refractivity (Wildman–Crippen MR) is 200 cm³/mol. The van der Waals surface area contributed by atoms with Crippen molar-refractivity contribution in [3.63, 3.8) is 0 Å². The summed E-state index contributed by atoms with van der Waals surface area (Å²) in [5.74, 6) is 0.209. The highest BCUT2D eigenvalue weighted by atomic mass is 32.2. The van der Waals surface area contributed by atoms with Gasteiger partial charge >= 0.3 is 6.03 Å². The Morgan fingerprint density at radius 1 is 1.00 bits per heavy atom. The number of hydrogen-bond donors (Lipinski definition) is 4. The van der Waals surface area contributed by atoms with E-state index in [-0.39, 0.29) is 34.9 Å². The highest BCUT2D eigenvalue weighted by Crippen LogP contribution is 2.26. The lowest BCUT2D eigenvalue weighted by Crippen LogP contribution is -2.59. The first-order valence-corrected chi connectivity index (χ1v) is 18.3. The van der Waals surface area contributed by atoms with Crippen molar-refractivity contribution in [3.8, 4) is 0 Å². The monoisotopic (exact) mass is 693 g/mol. The van der Waals surface area contributed by atoms with Crippen molar-refractivity contribution in [1.29, 1.82) is 0 Å². The van der Waals surface area contributed by atoms with Crippen LogP contribution in [0.15, 0.2) is 35.2 Å². The zero-order valence-corrected chi connectivity index (χ0v) is 32.9. The first kappa shape index (κ1) is 47.0. The van der Waals surface area contributed by atoms with Gasteiger partial charge in [-0.1, -0.05) is 87.4 Å². The Kier molecular flexibility index (Phi) is 23.6. The van der Waals surface area contributed by atoms with E-state index in [2.05, 4.69) is 55.8 Å². The van der Waals surface area contributed by atoms with Crippen LogP contribution >= 0.6 is 11.8 Å². The number of benzene rings is 1. The summed E-state index contributed by atoms with van der Waals surface area (Å²) in [6.45, 7) is 27.2. The third-order valence-electron chi connectivity index (χ3n) is 6.95. The Morgan fingerprint density at radius 2 is 1.54 bits per heavy atom. The predicted octanol–water partition coefficient (Wildman–Crippen LogP) is 6.56. The lowest BCUT2D eigenvalue weighted by molar-refractivity contribution is -0.137. The Balaban J connectivity index is 0. The number of nitrogens with two attached hydrogens (primary N) is 1. The summed E-state index contributed by atoms with van der Waals surface area (Å²) in [5.41, 5.74) is 4.08. The molecule has 1 fully saturated rings. The van der Waals surface area contributed by atoms with Crippen LogP contribution in [0.3, 0.4) is 0 Å². The van der Waals surface area contributed by atoms with Gasteiger partial charge in [0.1, 0.15) is 6.04 Å². The Morgan fingerprint density at radius 3 is 1.96 bits per heavy atom. The molecule has 276 valence electrons. The summed E-state index contributed by atoms with van der Waals surface area (Å²) in [6.07, 6.45) is 3.70. The van der Waals surface area contributed by atoms with E-state index in [9.17, 15) is 24.0 Å². The van der Waals surface area contributed by atoms with E-state index in [0.717, 1.165) is 37.5 Å². The molecule has 10 nitrogen and oxygen atoms in total. The number of amides is 5. The number of primary amides is 1. The second-order valence-corrected chi connectivity index (χ2v) is 15.8. The quantitative estimate of drug-likeness (QED) is 0.104. The molecule has 1 heterocycles. The van der Waals surface area contributed by atoms with Crippen molar-refractivity contribution in [1.82, 2.24) is 20.9 Å². The van der Waals surface area contributed by atoms with Gasteiger partial charge in [0.05, 0.1) is 6.04 Å². The van der Waals surface area contributed by atoms with Gasteiger partial charge < -0.3 is 26.6 Å². The number of Topliss-reactive ketones (excluding diaryl/α,β-unsaturated/α-hetero) is 1. The van der Waals surface area contributed by atoms with Gasteiger partial charge in [-0.3, -0.25) is 19.2 Å². The van der Waals surface area contributed by atoms with Crippen LogP contribution in [-0.2, 0) is 19.2 Å². The van der Waals surface area contributed by atoms with Crippen LogP contribution in [0.2, 0.25) is 0 Å². The molecule has 5 N–H and O–H groups in total. The highest BCUT2D eigenvalue weighted by Gasteiger charge is 2.39. The number of ketones is 1. The van der Waals surface area contributed by atoms with Crippen LogP contribution in [0.25, 0.3) is 0 Å². The van der Waals surface area contributed by atoms with Crippen LogP contribution in [0, 0.1) is 17.3 Å². The lowest BCUT2D eigenvalue weighted by atomic mass is 9.85. The summed E-state index contributed by atoms with van der Waals surface area (Å²) in [5, 5.41) is 8.30. The number of likely N-dealkylation sites (tertiary alicyclic amines) is 1. The first-order chi connectivity index (χ1) is 22.2. The smallest absolute Gasteiger partial charge is 0.315 e. The maximum Gasteiger partial charge on any atom is 0.315 e. The van der Waals surface area contributed by atoms with Gasteiger partial charge in [0.15, 0.2) is 0 Å². The third kappa shape index (κ3) is 21.0. The number of thioether (sulfide) groups is 1. The van der Waals surface area contributed by atoms with E-state index in [1.165, 1.54) is 4.90 Å². The molecule has 1 aromatic carbocycles. The van der Waals surface area contributed by atoms with E-state index in [4.69, 9.17) is 5.73 Å². The number of carbonyl (C=O) groups excluding carboxylic acids is 5. The van der Waals surface area contributed by atoms with Crippen molar-refractivity contribution >= 4 is 41.8 Å². The maximum atomic E-state index is 13.1. The molecule has 48 heavy (non-hydrogen) atoms. The minimum Gasteiger partial charge on any atom is -0.363 e. The zero-order chi connectivity index (χ0) is 37.7. The van der Waals surface area contributed by atoms with Gasteiger partial charge in [-0.05, 0) is 75.8 Å². The van der Waals surface area contributed by atoms with Crippen LogP contribution in [0.1, 0.15) is 116 Å². The van der Waals surface area contributed by atoms with Gasteiger partial charge in [-0.2, -0.15) is 0 Å². The lowest BCUT2D eigenvalue weighted by Gasteiger charge is -2.36. The molecule has 1 aliphatic rings. The fourth-order valence-electron chi connectivity index (χ4n) is 4.53. The van der Waals surface area contributed by atoms with Crippen molar-refractivity contribution < 1.29 is 24.0 Å². The average molecular weight is 694 g/mol. The molecule has 5 amide bonds. The summed E-state index contributed by atoms with van der Waals surface area (Å²) in [4.78, 5) is 60.7. The summed E-state index contributed by atoms with van der Waals surface area (Å²) < 4.78 is 0. The molecule has 1 aliphatic heterocycles. The molecule has 2 rings (SSSR count). The van der Waals surface area contributed by atoms with E-state index in [1.807, 2.05) is 85.4 Å². The number of nitrogens with zero attached hydrogens (tertiary/aromatic N) is 1. The number of urea groups is 1. The highest BCUT2D eigenvalue weighted by molar-refractivity contribution is 7.99. The minimum absolute atomic E-state index is 0.0232. The van der Waals surface area contributed by atoms with Gasteiger partial charge in [-0.15, -0.1) is 11.8 Å². The number of rotatable bonds is 13. The molecular weight excluding hydrogens is 627 g/mol. The maximum absolute atomic E-state index is 13.1. The molecule has 1 aromatic rings. The molecular formula is C37H67N5O5S. The van der Waals surface area contributed by atoms with Gasteiger partial charge in [-0.25, -0.2) is 4.79 Å². The second kappa shape index (κ2) is 24.1. The standard InChI is InChI=1S/C23H37N3O2S.C8H14N2O3.C4H10.C2H6/c1-17-11-10-15-26(17)20(27)19(22(2,3)4)24-21(28)25-23(5,6)14-16-29-18-12-8-7-9-13-18;1-5(2)3-6(10-4-11)7(12)8(9)13;1-4(2)3;1-2/h7-9,12-13,17,19H,10-11,14-16H2,1-6H3,(H2,24,25,28);4-6H,3H2,1-2H3,(H2,9,13)(H,10,11);4H,1-3H3;1-2H3. The van der Waals surface area contributed by atoms with E-state index in [0.29, 0.717) is 12.8 Å². The Bertz CT molecular complexity index is 1090. The van der Waals surface area contributed by atoms with E-state index in [1.54, 1.807) is 11.8 Å². The molecule has 0 saturated carbocycles. The molecule has 0 spiro atoms. The van der Waals surface area contributed by atoms with Crippen LogP contribution in [-0.4, -0.2) is 70.9 Å². The summed E-state index contributed by atoms with van der Waals surface area (Å²) >= 11 is 1.78. The Hall–Kier alpha value is -3.08. The van der Waals surface area contributed by atoms with E-state index < -0.39 is 23.8 Å². The normalized spacial score (nSPS) is 15.3. The Labute approximate surface area is 295 Å². The molecule has 0 aromatic heterocycles. The topological polar surface area (TPSA) is 151 Å². The van der Waals surface area contributed by atoms with Crippen LogP contribution < -0.4 is 21.7 Å². The van der Waals surface area contributed by atoms with Gasteiger partial charge in [0.25, 0.3) is 5.91 Å². The minimum atomic E-state index is -1.01. The fraction of sp³-hybridized carbons (Fsp3) is 0.703. The number of nitrogens with one attached hydrogen (secondary N) is 3. The van der Waals surface area contributed by atoms with Crippen molar-refractivity contribution in [2.24, 2.45) is 23.0 Å². The molecule has 3 atom stereocenters. The van der Waals surface area contributed by atoms with Crippen molar-refractivity contribution in [2.75, 3.05) is 12.3 Å². The van der Waals surface area contributed by atoms with Crippen molar-refractivity contribution in [3.05, 3.63) is 30.3 Å². The van der Waals surface area contributed by atoms with E-state index >= 15 is 0 Å². The van der Waals surface area contributed by atoms with Crippen LogP contribution in [0.5, 0.6) is 0 Å². The fourth-order valence-corrected chi connectivity index (χ4v) is 5.73. The van der Waals surface area contributed by atoms with Gasteiger partial charge in [0.2, 0.25) is 18.1 Å². The van der Waals surface area contributed by atoms with Gasteiger partial charge in [0, 0.05) is 28.8 Å². The van der Waals surface area contributed by atoms with Crippen molar-refractivity contribution in [2.45, 2.75) is 144 Å². The van der Waals surface area contributed by atoms with Crippen LogP contribution in [0.4, 0.5) is 4.79 Å². The molecule has 0 aliphatic carbocycles. The molecule has 3 unspecified atom stereocenters. The average Bonchev–Trinajstić information content (AvgIpc) is 3.41. The largest absolute Gasteiger partial charge is 0.363 e. The molecule has 0 bridgehead atoms. The SMILES string of the molecule is CC.CC(C)C.CC(C)CC(NC=O)C(=O)C(N)=O.CC1CCCN1C(=O)C(NC(=O)NC(C)(C)CCSc1ccccc1)C(C)(C)C. The number of carbonyl (C=O) groups is 5. The third-order valence-corrected chi connectivity index (χ3v) is 7.96. The summed E-state index contributed by atoms with van der Waals surface area (Å²) in [6, 6.07) is 8.90. The zero-order valence-electron chi connectivity index (χ0n) is 32.1. The molecule has 1 saturated heterocycles. The summed E-state index contributed by atoms with van der Waals surface area (Å²) in [7, 11) is 0. The first-order valence-electron chi connectivity index (χ1n) is 17.3.